The van der Waals surface area contributed by atoms with Gasteiger partial charge in [0.05, 0.1) is 19.0 Å². The van der Waals surface area contributed by atoms with E-state index in [1.54, 1.807) is 0 Å². The van der Waals surface area contributed by atoms with Crippen molar-refractivity contribution >= 4 is 17.9 Å². The van der Waals surface area contributed by atoms with Gasteiger partial charge in [-0.25, -0.2) is 0 Å². The first kappa shape index (κ1) is 27.1. The molecule has 0 aromatic carbocycles. The van der Waals surface area contributed by atoms with Gasteiger partial charge in [0.2, 0.25) is 0 Å². The van der Waals surface area contributed by atoms with Gasteiger partial charge in [-0.15, -0.1) is 0 Å². The fourth-order valence-electron chi connectivity index (χ4n) is 2.72. The van der Waals surface area contributed by atoms with Gasteiger partial charge in [0.1, 0.15) is 6.04 Å². The number of aliphatic hydroxyl groups excluding tert-OH is 2. The summed E-state index contributed by atoms with van der Waals surface area (Å²) < 4.78 is 0. The Hall–Kier alpha value is -1.87. The SMILES string of the molecule is CN(CCN(CCN(C)C(CC(O)O)C(O)O)CC(=O)O)C(CC(=O)O)C(=O)O. The summed E-state index contributed by atoms with van der Waals surface area (Å²) in [5.74, 6) is -3.70. The molecule has 0 fully saturated rings. The summed E-state index contributed by atoms with van der Waals surface area (Å²) >= 11 is 0. The lowest BCUT2D eigenvalue weighted by Crippen LogP contribution is -2.48. The van der Waals surface area contributed by atoms with E-state index < -0.39 is 49.0 Å². The number of rotatable bonds is 16. The van der Waals surface area contributed by atoms with Crippen LogP contribution in [0.3, 0.4) is 0 Å². The first-order chi connectivity index (χ1) is 13.3. The van der Waals surface area contributed by atoms with Crippen molar-refractivity contribution in [3.05, 3.63) is 0 Å². The third-order valence-corrected chi connectivity index (χ3v) is 4.44. The molecule has 0 saturated heterocycles. The summed E-state index contributed by atoms with van der Waals surface area (Å²) in [6, 6.07) is -2.25. The number of nitrogens with zero attached hydrogens (tertiary/aromatic N) is 3. The lowest BCUT2D eigenvalue weighted by molar-refractivity contribution is -0.149. The van der Waals surface area contributed by atoms with E-state index in [1.165, 1.54) is 28.8 Å². The second-order valence-electron chi connectivity index (χ2n) is 6.78. The van der Waals surface area contributed by atoms with Crippen LogP contribution >= 0.6 is 0 Å². The van der Waals surface area contributed by atoms with Crippen LogP contribution < -0.4 is 0 Å². The largest absolute Gasteiger partial charge is 0.481 e. The highest BCUT2D eigenvalue weighted by atomic mass is 16.5. The van der Waals surface area contributed by atoms with E-state index in [0.717, 1.165) is 0 Å². The van der Waals surface area contributed by atoms with Crippen LogP contribution in [0.25, 0.3) is 0 Å². The first-order valence-electron chi connectivity index (χ1n) is 8.86. The summed E-state index contributed by atoms with van der Waals surface area (Å²) in [5.41, 5.74) is 0. The molecular weight excluding hydrogens is 394 g/mol. The average Bonchev–Trinajstić information content (AvgIpc) is 2.58. The van der Waals surface area contributed by atoms with Gasteiger partial charge in [0.15, 0.2) is 12.6 Å². The fourth-order valence-corrected chi connectivity index (χ4v) is 2.72. The number of aliphatic carboxylic acids is 3. The minimum atomic E-state index is -1.84. The number of carboxylic acid groups (broad SMARTS) is 3. The van der Waals surface area contributed by atoms with Gasteiger partial charge in [-0.05, 0) is 14.1 Å². The molecule has 0 aliphatic rings. The Bertz CT molecular complexity index is 531. The minimum Gasteiger partial charge on any atom is -0.481 e. The zero-order chi connectivity index (χ0) is 22.7. The second-order valence-corrected chi connectivity index (χ2v) is 6.78. The molecule has 7 N–H and O–H groups in total. The van der Waals surface area contributed by atoms with Gasteiger partial charge < -0.3 is 35.7 Å². The maximum atomic E-state index is 11.2. The molecule has 0 bridgehead atoms. The van der Waals surface area contributed by atoms with Gasteiger partial charge >= 0.3 is 17.9 Å². The highest BCUT2D eigenvalue weighted by molar-refractivity contribution is 5.80. The highest BCUT2D eigenvalue weighted by Gasteiger charge is 2.27. The van der Waals surface area contributed by atoms with Crippen molar-refractivity contribution in [3.8, 4) is 0 Å². The normalized spacial score (nSPS) is 14.2. The summed E-state index contributed by atoms with van der Waals surface area (Å²) in [7, 11) is 2.93. The van der Waals surface area contributed by atoms with E-state index in [-0.39, 0.29) is 39.1 Å². The molecular formula is C16H31N3O10. The van der Waals surface area contributed by atoms with Gasteiger partial charge in [-0.1, -0.05) is 0 Å². The first-order valence-corrected chi connectivity index (χ1v) is 8.86. The van der Waals surface area contributed by atoms with Crippen molar-refractivity contribution in [1.82, 2.24) is 14.7 Å². The smallest absolute Gasteiger partial charge is 0.321 e. The second kappa shape index (κ2) is 13.4. The Morgan fingerprint density at radius 2 is 1.31 bits per heavy atom. The molecule has 170 valence electrons. The van der Waals surface area contributed by atoms with Crippen molar-refractivity contribution in [2.24, 2.45) is 0 Å². The van der Waals surface area contributed by atoms with Crippen molar-refractivity contribution in [1.29, 1.82) is 0 Å². The van der Waals surface area contributed by atoms with Crippen LogP contribution in [0, 0.1) is 0 Å². The Balaban J connectivity index is 4.90. The van der Waals surface area contributed by atoms with Gasteiger partial charge in [-0.2, -0.15) is 0 Å². The number of carboxylic acids is 3. The summed E-state index contributed by atoms with van der Waals surface area (Å²) in [6.07, 6.45) is -4.53. The predicted molar refractivity (Wildman–Crippen MR) is 97.9 cm³/mol. The molecule has 2 unspecified atom stereocenters. The molecule has 0 aromatic rings. The number of likely N-dealkylation sites (N-methyl/N-ethyl adjacent to an activating group) is 2. The monoisotopic (exact) mass is 425 g/mol. The Labute approximate surface area is 168 Å². The number of hydrogen-bond donors (Lipinski definition) is 7. The quantitative estimate of drug-likeness (QED) is 0.120. The molecule has 0 spiro atoms. The van der Waals surface area contributed by atoms with Crippen LogP contribution in [0.1, 0.15) is 12.8 Å². The van der Waals surface area contributed by atoms with Crippen LogP contribution in [-0.4, -0.2) is 140 Å². The van der Waals surface area contributed by atoms with Crippen molar-refractivity contribution < 1.29 is 50.1 Å². The van der Waals surface area contributed by atoms with Gasteiger partial charge in [-0.3, -0.25) is 29.1 Å². The number of carbonyl (C=O) groups is 3. The molecule has 0 saturated carbocycles. The summed E-state index contributed by atoms with van der Waals surface area (Å²) in [4.78, 5) is 37.4. The van der Waals surface area contributed by atoms with E-state index in [4.69, 9.17) is 25.5 Å². The highest BCUT2D eigenvalue weighted by Crippen LogP contribution is 2.09. The van der Waals surface area contributed by atoms with Crippen LogP contribution in [0.2, 0.25) is 0 Å². The van der Waals surface area contributed by atoms with Crippen LogP contribution in [0.4, 0.5) is 0 Å². The minimum absolute atomic E-state index is 0.0860. The third kappa shape index (κ3) is 11.7. The van der Waals surface area contributed by atoms with Crippen LogP contribution in [-0.2, 0) is 14.4 Å². The molecule has 29 heavy (non-hydrogen) atoms. The van der Waals surface area contributed by atoms with E-state index in [0.29, 0.717) is 0 Å². The number of aliphatic hydroxyl groups is 4. The summed E-state index contributed by atoms with van der Waals surface area (Å²) in [5, 5.41) is 63.9. The number of hydrogen-bond acceptors (Lipinski definition) is 10. The Kier molecular flexibility index (Phi) is 12.5. The molecule has 13 heteroatoms. The predicted octanol–water partition coefficient (Wildman–Crippen LogP) is -3.46. The maximum absolute atomic E-state index is 11.2. The van der Waals surface area contributed by atoms with E-state index in [2.05, 4.69) is 0 Å². The fraction of sp³-hybridized carbons (Fsp3) is 0.812. The van der Waals surface area contributed by atoms with Crippen molar-refractivity contribution in [3.63, 3.8) is 0 Å². The topological polar surface area (TPSA) is 203 Å². The molecule has 0 heterocycles. The van der Waals surface area contributed by atoms with E-state index in [9.17, 15) is 24.6 Å². The molecule has 0 aliphatic carbocycles. The molecule has 0 amide bonds. The lowest BCUT2D eigenvalue weighted by atomic mass is 10.1. The standard InChI is InChI=1S/C16H31N3O10/c1-17(10(15(26)27)7-12(20)21)3-5-19(9-14(24)25)6-4-18(2)11(16(28)29)8-13(22)23/h10-12,15,20-21,26-27H,3-9H2,1-2H3,(H,22,23)(H,24,25)(H,28,29). The average molecular weight is 425 g/mol. The van der Waals surface area contributed by atoms with Crippen molar-refractivity contribution in [2.45, 2.75) is 37.5 Å². The molecule has 0 radical (unpaired) electrons. The van der Waals surface area contributed by atoms with Gasteiger partial charge in [0, 0.05) is 32.6 Å². The van der Waals surface area contributed by atoms with E-state index >= 15 is 0 Å². The van der Waals surface area contributed by atoms with Crippen LogP contribution in [0.15, 0.2) is 0 Å². The molecule has 0 aliphatic heterocycles. The molecule has 0 aromatic heterocycles. The third-order valence-electron chi connectivity index (χ3n) is 4.44. The molecule has 13 nitrogen and oxygen atoms in total. The Morgan fingerprint density at radius 3 is 1.69 bits per heavy atom. The van der Waals surface area contributed by atoms with E-state index in [1.807, 2.05) is 0 Å². The molecule has 0 rings (SSSR count). The zero-order valence-electron chi connectivity index (χ0n) is 16.5. The van der Waals surface area contributed by atoms with Crippen LogP contribution in [0.5, 0.6) is 0 Å². The maximum Gasteiger partial charge on any atom is 0.321 e. The Morgan fingerprint density at radius 1 is 0.793 bits per heavy atom. The molecule has 2 atom stereocenters. The lowest BCUT2D eigenvalue weighted by Gasteiger charge is -2.32. The van der Waals surface area contributed by atoms with Crippen molar-refractivity contribution in [2.75, 3.05) is 46.8 Å². The zero-order valence-corrected chi connectivity index (χ0v) is 16.5. The summed E-state index contributed by atoms with van der Waals surface area (Å²) in [6.45, 7) is 0.145. The van der Waals surface area contributed by atoms with Gasteiger partial charge in [0.25, 0.3) is 0 Å².